The number of nitrogens with zero attached hydrogens (tertiary/aromatic N) is 1. The van der Waals surface area contributed by atoms with Gasteiger partial charge in [0.05, 0.1) is 10.7 Å². The zero-order valence-electron chi connectivity index (χ0n) is 10.6. The van der Waals surface area contributed by atoms with Crippen LogP contribution in [0.15, 0.2) is 46.9 Å². The van der Waals surface area contributed by atoms with Crippen LogP contribution in [0.3, 0.4) is 0 Å². The van der Waals surface area contributed by atoms with E-state index < -0.39 is 0 Å². The maximum Gasteiger partial charge on any atom is 0.150 e. The highest BCUT2D eigenvalue weighted by molar-refractivity contribution is 9.10. The van der Waals surface area contributed by atoms with Crippen molar-refractivity contribution in [2.24, 2.45) is 0 Å². The van der Waals surface area contributed by atoms with Crippen LogP contribution in [0.5, 0.6) is 0 Å². The van der Waals surface area contributed by atoms with Gasteiger partial charge in [0.15, 0.2) is 5.82 Å². The summed E-state index contributed by atoms with van der Waals surface area (Å²) in [6, 6.07) is 12.8. The number of halogens is 3. The molecule has 0 aliphatic carbocycles. The Labute approximate surface area is 129 Å². The summed E-state index contributed by atoms with van der Waals surface area (Å²) in [5.41, 5.74) is 2.78. The molecule has 0 amide bonds. The Hall–Kier alpha value is -1.45. The molecule has 0 aliphatic heterocycles. The first-order valence-corrected chi connectivity index (χ1v) is 7.25. The van der Waals surface area contributed by atoms with Crippen molar-refractivity contribution in [3.8, 4) is 11.3 Å². The molecule has 3 rings (SSSR count). The van der Waals surface area contributed by atoms with Gasteiger partial charge in [-0.25, -0.2) is 9.37 Å². The van der Waals surface area contributed by atoms with Crippen LogP contribution < -0.4 is 0 Å². The third-order valence-corrected chi connectivity index (χ3v) is 4.16. The highest BCUT2D eigenvalue weighted by Gasteiger charge is 2.15. The second kappa shape index (κ2) is 5.15. The molecule has 0 spiro atoms. The molecule has 0 fully saturated rings. The first-order valence-electron chi connectivity index (χ1n) is 6.08. The van der Waals surface area contributed by atoms with Crippen molar-refractivity contribution in [2.45, 2.75) is 6.92 Å². The minimum Gasteiger partial charge on any atom is -0.244 e. The van der Waals surface area contributed by atoms with Crippen molar-refractivity contribution in [1.82, 2.24) is 4.98 Å². The van der Waals surface area contributed by atoms with Gasteiger partial charge in [-0.15, -0.1) is 0 Å². The molecule has 100 valence electrons. The van der Waals surface area contributed by atoms with Crippen molar-refractivity contribution in [3.63, 3.8) is 0 Å². The van der Waals surface area contributed by atoms with Gasteiger partial charge < -0.3 is 0 Å². The summed E-state index contributed by atoms with van der Waals surface area (Å²) in [5.74, 6) is -0.381. The van der Waals surface area contributed by atoms with E-state index in [9.17, 15) is 4.39 Å². The first-order chi connectivity index (χ1) is 9.58. The van der Waals surface area contributed by atoms with Gasteiger partial charge in [0.1, 0.15) is 5.52 Å². The minimum atomic E-state index is -0.381. The highest BCUT2D eigenvalue weighted by Crippen LogP contribution is 2.35. The number of pyridine rings is 1. The van der Waals surface area contributed by atoms with Gasteiger partial charge in [0.2, 0.25) is 0 Å². The van der Waals surface area contributed by atoms with Crippen LogP contribution in [0.25, 0.3) is 22.2 Å². The Balaban J connectivity index is 2.39. The smallest absolute Gasteiger partial charge is 0.150 e. The van der Waals surface area contributed by atoms with E-state index in [1.807, 2.05) is 37.3 Å². The van der Waals surface area contributed by atoms with E-state index in [2.05, 4.69) is 20.9 Å². The largest absolute Gasteiger partial charge is 0.244 e. The van der Waals surface area contributed by atoms with Crippen molar-refractivity contribution in [3.05, 3.63) is 63.3 Å². The summed E-state index contributed by atoms with van der Waals surface area (Å²) in [6.07, 6.45) is 0. The van der Waals surface area contributed by atoms with Gasteiger partial charge in [0.25, 0.3) is 0 Å². The zero-order chi connectivity index (χ0) is 14.3. The number of rotatable bonds is 1. The van der Waals surface area contributed by atoms with Crippen molar-refractivity contribution < 1.29 is 4.39 Å². The van der Waals surface area contributed by atoms with E-state index in [4.69, 9.17) is 11.6 Å². The molecule has 0 N–H and O–H groups in total. The second-order valence-electron chi connectivity index (χ2n) is 4.55. The Kier molecular flexibility index (Phi) is 3.48. The summed E-state index contributed by atoms with van der Waals surface area (Å²) in [4.78, 5) is 4.47. The van der Waals surface area contributed by atoms with Crippen LogP contribution in [-0.2, 0) is 0 Å². The van der Waals surface area contributed by atoms with E-state index in [0.29, 0.717) is 26.1 Å². The average molecular weight is 351 g/mol. The Morgan fingerprint density at radius 1 is 1.15 bits per heavy atom. The van der Waals surface area contributed by atoms with E-state index >= 15 is 0 Å². The summed E-state index contributed by atoms with van der Waals surface area (Å²) in [5, 5.41) is 1.16. The van der Waals surface area contributed by atoms with Crippen LogP contribution in [0.1, 0.15) is 5.56 Å². The molecule has 0 saturated carbocycles. The van der Waals surface area contributed by atoms with Gasteiger partial charge >= 0.3 is 0 Å². The monoisotopic (exact) mass is 349 g/mol. The first kappa shape index (κ1) is 13.5. The summed E-state index contributed by atoms with van der Waals surface area (Å²) < 4.78 is 14.8. The van der Waals surface area contributed by atoms with Crippen molar-refractivity contribution >= 4 is 38.4 Å². The highest BCUT2D eigenvalue weighted by atomic mass is 79.9. The van der Waals surface area contributed by atoms with Gasteiger partial charge in [-0.1, -0.05) is 57.9 Å². The standard InChI is InChI=1S/C16H10BrClFN/c1-9-14(18)12-7-11(17)8-13(19)16(12)20-15(9)10-5-3-2-4-6-10/h2-8H,1H3. The molecule has 0 bridgehead atoms. The molecule has 1 heterocycles. The van der Waals surface area contributed by atoms with E-state index in [-0.39, 0.29) is 5.82 Å². The molecule has 0 atom stereocenters. The fourth-order valence-corrected chi connectivity index (χ4v) is 2.89. The molecule has 1 nitrogen and oxygen atoms in total. The Morgan fingerprint density at radius 2 is 1.85 bits per heavy atom. The normalized spacial score (nSPS) is 11.0. The van der Waals surface area contributed by atoms with Gasteiger partial charge in [-0.05, 0) is 24.6 Å². The number of benzene rings is 2. The summed E-state index contributed by atoms with van der Waals surface area (Å²) in [7, 11) is 0. The van der Waals surface area contributed by atoms with Crippen LogP contribution in [0, 0.1) is 12.7 Å². The van der Waals surface area contributed by atoms with Crippen LogP contribution in [0.4, 0.5) is 4.39 Å². The molecule has 0 radical (unpaired) electrons. The summed E-state index contributed by atoms with van der Waals surface area (Å²) >= 11 is 9.68. The van der Waals surface area contributed by atoms with E-state index in [1.165, 1.54) is 6.07 Å². The zero-order valence-corrected chi connectivity index (χ0v) is 13.0. The molecular weight excluding hydrogens is 341 g/mol. The predicted molar refractivity (Wildman–Crippen MR) is 84.6 cm³/mol. The molecule has 0 unspecified atom stereocenters. The van der Waals surface area contributed by atoms with Crippen LogP contribution >= 0.6 is 27.5 Å². The summed E-state index contributed by atoms with van der Waals surface area (Å²) in [6.45, 7) is 1.90. The van der Waals surface area contributed by atoms with E-state index in [1.54, 1.807) is 6.07 Å². The topological polar surface area (TPSA) is 12.9 Å². The maximum absolute atomic E-state index is 14.1. The Morgan fingerprint density at radius 3 is 2.55 bits per heavy atom. The third-order valence-electron chi connectivity index (χ3n) is 3.22. The van der Waals surface area contributed by atoms with Crippen molar-refractivity contribution in [2.75, 3.05) is 0 Å². The quantitative estimate of drug-likeness (QED) is 0.543. The molecule has 2 aromatic carbocycles. The molecule has 1 aromatic heterocycles. The fourth-order valence-electron chi connectivity index (χ4n) is 2.23. The SMILES string of the molecule is Cc1c(-c2ccccc2)nc2c(F)cc(Br)cc2c1Cl. The number of hydrogen-bond donors (Lipinski definition) is 0. The number of aromatic nitrogens is 1. The number of fused-ring (bicyclic) bond motifs is 1. The molecule has 3 aromatic rings. The molecule has 0 aliphatic rings. The lowest BCUT2D eigenvalue weighted by atomic mass is 10.0. The number of hydrogen-bond acceptors (Lipinski definition) is 1. The molecule has 0 saturated heterocycles. The van der Waals surface area contributed by atoms with Gasteiger partial charge in [-0.3, -0.25) is 0 Å². The lowest BCUT2D eigenvalue weighted by Gasteiger charge is -2.11. The maximum atomic E-state index is 14.1. The molecule has 20 heavy (non-hydrogen) atoms. The van der Waals surface area contributed by atoms with E-state index in [0.717, 1.165) is 11.1 Å². The predicted octanol–water partition coefficient (Wildman–Crippen LogP) is 5.77. The lowest BCUT2D eigenvalue weighted by molar-refractivity contribution is 0.636. The second-order valence-corrected chi connectivity index (χ2v) is 5.84. The van der Waals surface area contributed by atoms with Gasteiger partial charge in [0, 0.05) is 15.4 Å². The molecule has 4 heteroatoms. The van der Waals surface area contributed by atoms with Gasteiger partial charge in [-0.2, -0.15) is 0 Å². The van der Waals surface area contributed by atoms with Crippen molar-refractivity contribution in [1.29, 1.82) is 0 Å². The fraction of sp³-hybridized carbons (Fsp3) is 0.0625. The minimum absolute atomic E-state index is 0.294. The van der Waals surface area contributed by atoms with Crippen LogP contribution in [0.2, 0.25) is 5.02 Å². The van der Waals surface area contributed by atoms with Crippen LogP contribution in [-0.4, -0.2) is 4.98 Å². The lowest BCUT2D eigenvalue weighted by Crippen LogP contribution is -1.94. The third kappa shape index (κ3) is 2.21. The molecular formula is C16H10BrClFN. The Bertz CT molecular complexity index is 803. The average Bonchev–Trinajstić information content (AvgIpc) is 2.44.